The summed E-state index contributed by atoms with van der Waals surface area (Å²) in [7, 11) is 0. The van der Waals surface area contributed by atoms with Crippen LogP contribution in [-0.4, -0.2) is 26.9 Å². The second-order valence-electron chi connectivity index (χ2n) is 9.30. The number of pyridine rings is 1. The van der Waals surface area contributed by atoms with Crippen LogP contribution in [0.2, 0.25) is 5.02 Å². The van der Waals surface area contributed by atoms with Crippen LogP contribution in [0.3, 0.4) is 0 Å². The van der Waals surface area contributed by atoms with Crippen molar-refractivity contribution < 1.29 is 14.1 Å². The molecule has 1 unspecified atom stereocenters. The van der Waals surface area contributed by atoms with Gasteiger partial charge in [0.1, 0.15) is 5.82 Å². The highest BCUT2D eigenvalue weighted by molar-refractivity contribution is 6.31. The van der Waals surface area contributed by atoms with Gasteiger partial charge in [-0.15, -0.1) is 0 Å². The molecule has 4 rings (SSSR count). The number of anilines is 1. The molecular formula is C24H26ClN5O3. The molecule has 1 aliphatic rings. The molecule has 8 nitrogen and oxygen atoms in total. The highest BCUT2D eigenvalue weighted by atomic mass is 35.5. The Labute approximate surface area is 197 Å². The molecule has 2 heterocycles. The number of nitrogens with one attached hydrogen (secondary N) is 2. The maximum Gasteiger partial charge on any atom is 0.293 e. The van der Waals surface area contributed by atoms with Crippen molar-refractivity contribution in [2.45, 2.75) is 52.0 Å². The molecule has 0 saturated heterocycles. The number of nitrogens with zero attached hydrogens (tertiary/aromatic N) is 3. The van der Waals surface area contributed by atoms with Crippen LogP contribution in [0.25, 0.3) is 11.1 Å². The molecule has 1 aliphatic carbocycles. The van der Waals surface area contributed by atoms with Gasteiger partial charge in [0, 0.05) is 22.6 Å². The Morgan fingerprint density at radius 2 is 1.88 bits per heavy atom. The summed E-state index contributed by atoms with van der Waals surface area (Å²) in [5.74, 6) is 0.569. The molecule has 1 fully saturated rings. The fourth-order valence-corrected chi connectivity index (χ4v) is 3.61. The van der Waals surface area contributed by atoms with Crippen LogP contribution >= 0.6 is 11.6 Å². The third kappa shape index (κ3) is 5.39. The summed E-state index contributed by atoms with van der Waals surface area (Å²) < 4.78 is 5.20. The number of hydrogen-bond donors (Lipinski definition) is 2. The van der Waals surface area contributed by atoms with E-state index in [0.29, 0.717) is 16.7 Å². The molecule has 9 heteroatoms. The van der Waals surface area contributed by atoms with Gasteiger partial charge in [0.05, 0.1) is 6.04 Å². The molecule has 2 N–H and O–H groups in total. The fourth-order valence-electron chi connectivity index (χ4n) is 3.27. The molecule has 0 radical (unpaired) electrons. The molecule has 0 aliphatic heterocycles. The second-order valence-corrected chi connectivity index (χ2v) is 9.71. The fraction of sp³-hybridized carbons (Fsp3) is 0.375. The first kappa shape index (κ1) is 22.9. The van der Waals surface area contributed by atoms with E-state index in [9.17, 15) is 9.59 Å². The van der Waals surface area contributed by atoms with Gasteiger partial charge in [-0.2, -0.15) is 4.98 Å². The lowest BCUT2D eigenvalue weighted by Crippen LogP contribution is -2.28. The lowest BCUT2D eigenvalue weighted by Gasteiger charge is -2.16. The van der Waals surface area contributed by atoms with Gasteiger partial charge in [-0.25, -0.2) is 4.98 Å². The normalized spacial score (nSPS) is 14.6. The first-order chi connectivity index (χ1) is 15.6. The third-order valence-electron chi connectivity index (χ3n) is 5.38. The van der Waals surface area contributed by atoms with Gasteiger partial charge in [0.25, 0.3) is 11.7 Å². The van der Waals surface area contributed by atoms with Crippen molar-refractivity contribution in [2.75, 3.05) is 5.32 Å². The van der Waals surface area contributed by atoms with E-state index in [0.717, 1.165) is 29.5 Å². The maximum absolute atomic E-state index is 12.6. The molecule has 2 amide bonds. The summed E-state index contributed by atoms with van der Waals surface area (Å²) in [6, 6.07) is 8.90. The SMILES string of the molecule is CC(NC(=O)c1noc(C(C)(C)C)n1)c1ccc(-c2ccnc(NC(=O)C3CC3)c2)cc1Cl. The predicted molar refractivity (Wildman–Crippen MR) is 125 cm³/mol. The molecule has 0 spiro atoms. The van der Waals surface area contributed by atoms with E-state index < -0.39 is 5.91 Å². The van der Waals surface area contributed by atoms with Crippen molar-refractivity contribution >= 4 is 29.2 Å². The largest absolute Gasteiger partial charge is 0.343 e. The summed E-state index contributed by atoms with van der Waals surface area (Å²) in [5.41, 5.74) is 2.16. The maximum atomic E-state index is 12.6. The number of carbonyl (C=O) groups excluding carboxylic acids is 2. The number of hydrogen-bond acceptors (Lipinski definition) is 6. The van der Waals surface area contributed by atoms with Crippen molar-refractivity contribution in [3.8, 4) is 11.1 Å². The van der Waals surface area contributed by atoms with Crippen molar-refractivity contribution in [2.24, 2.45) is 5.92 Å². The number of aromatic nitrogens is 3. The zero-order valence-electron chi connectivity index (χ0n) is 19.0. The van der Waals surface area contributed by atoms with Crippen LogP contribution in [0.15, 0.2) is 41.1 Å². The van der Waals surface area contributed by atoms with Crippen molar-refractivity contribution in [3.63, 3.8) is 0 Å². The number of rotatable bonds is 6. The molecule has 1 aromatic carbocycles. The summed E-state index contributed by atoms with van der Waals surface area (Å²) >= 11 is 6.56. The molecule has 3 aromatic rings. The van der Waals surface area contributed by atoms with Crippen molar-refractivity contribution in [1.82, 2.24) is 20.4 Å². The monoisotopic (exact) mass is 467 g/mol. The van der Waals surface area contributed by atoms with Gasteiger partial charge >= 0.3 is 0 Å². The quantitative estimate of drug-likeness (QED) is 0.532. The topological polar surface area (TPSA) is 110 Å². The molecule has 172 valence electrons. The molecule has 1 atom stereocenters. The molecule has 0 bridgehead atoms. The van der Waals surface area contributed by atoms with E-state index >= 15 is 0 Å². The van der Waals surface area contributed by atoms with E-state index in [-0.39, 0.29) is 29.1 Å². The standard InChI is InChI=1S/C24H26ClN5O3/c1-13(27-22(32)20-29-23(33-30-20)24(2,3)4)17-8-7-15(11-18(17)25)16-9-10-26-19(12-16)28-21(31)14-5-6-14/h7-14H,5-6H2,1-4H3,(H,27,32)(H,26,28,31). The minimum absolute atomic E-state index is 0.00817. The predicted octanol–water partition coefficient (Wildman–Crippen LogP) is 4.92. The van der Waals surface area contributed by atoms with Gasteiger partial charge in [-0.3, -0.25) is 9.59 Å². The van der Waals surface area contributed by atoms with E-state index in [1.807, 2.05) is 58.0 Å². The summed E-state index contributed by atoms with van der Waals surface area (Å²) in [4.78, 5) is 33.0. The second kappa shape index (κ2) is 8.94. The first-order valence-electron chi connectivity index (χ1n) is 10.8. The highest BCUT2D eigenvalue weighted by Crippen LogP contribution is 2.32. The molecule has 33 heavy (non-hydrogen) atoms. The number of benzene rings is 1. The lowest BCUT2D eigenvalue weighted by atomic mass is 9.97. The smallest absolute Gasteiger partial charge is 0.293 e. The van der Waals surface area contributed by atoms with Crippen molar-refractivity contribution in [1.29, 1.82) is 0 Å². The van der Waals surface area contributed by atoms with Gasteiger partial charge in [0.2, 0.25) is 11.8 Å². The van der Waals surface area contributed by atoms with E-state index in [4.69, 9.17) is 16.1 Å². The third-order valence-corrected chi connectivity index (χ3v) is 5.71. The minimum Gasteiger partial charge on any atom is -0.343 e. The molecular weight excluding hydrogens is 442 g/mol. The van der Waals surface area contributed by atoms with Crippen LogP contribution in [0.4, 0.5) is 5.82 Å². The number of amides is 2. The summed E-state index contributed by atoms with van der Waals surface area (Å²) in [6.07, 6.45) is 3.52. The van der Waals surface area contributed by atoms with E-state index in [1.54, 1.807) is 6.20 Å². The van der Waals surface area contributed by atoms with Crippen LogP contribution in [-0.2, 0) is 10.2 Å². The van der Waals surface area contributed by atoms with Crippen LogP contribution in [0.5, 0.6) is 0 Å². The van der Waals surface area contributed by atoms with E-state index in [1.165, 1.54) is 0 Å². The minimum atomic E-state index is -0.438. The molecule has 2 aromatic heterocycles. The summed E-state index contributed by atoms with van der Waals surface area (Å²) in [5, 5.41) is 10.0. The van der Waals surface area contributed by atoms with Crippen LogP contribution in [0, 0.1) is 5.92 Å². The van der Waals surface area contributed by atoms with Gasteiger partial charge < -0.3 is 15.2 Å². The van der Waals surface area contributed by atoms with Gasteiger partial charge in [-0.05, 0) is 54.7 Å². The van der Waals surface area contributed by atoms with Gasteiger partial charge in [0.15, 0.2) is 0 Å². The zero-order valence-corrected chi connectivity index (χ0v) is 19.7. The lowest BCUT2D eigenvalue weighted by molar-refractivity contribution is -0.117. The summed E-state index contributed by atoms with van der Waals surface area (Å²) in [6.45, 7) is 7.62. The molecule has 1 saturated carbocycles. The van der Waals surface area contributed by atoms with E-state index in [2.05, 4.69) is 25.8 Å². The first-order valence-corrected chi connectivity index (χ1v) is 11.2. The Balaban J connectivity index is 1.46. The van der Waals surface area contributed by atoms with Crippen LogP contribution in [0.1, 0.15) is 68.7 Å². The Morgan fingerprint density at radius 3 is 2.52 bits per heavy atom. The highest BCUT2D eigenvalue weighted by Gasteiger charge is 2.30. The Bertz CT molecular complexity index is 1200. The average Bonchev–Trinajstić information content (AvgIpc) is 3.48. The van der Waals surface area contributed by atoms with Gasteiger partial charge in [-0.1, -0.05) is 49.7 Å². The van der Waals surface area contributed by atoms with Crippen molar-refractivity contribution in [3.05, 3.63) is 58.8 Å². The average molecular weight is 468 g/mol. The zero-order chi connectivity index (χ0) is 23.8. The Hall–Kier alpha value is -3.26. The number of halogens is 1. The number of carbonyl (C=O) groups is 2. The van der Waals surface area contributed by atoms with Crippen LogP contribution < -0.4 is 10.6 Å². The Kier molecular flexibility index (Phi) is 6.21. The Morgan fingerprint density at radius 1 is 1.15 bits per heavy atom.